The van der Waals surface area contributed by atoms with Crippen LogP contribution < -0.4 is 20.7 Å². The Balaban J connectivity index is 1.06. The SMILES string of the molecule is C[Si](C)(C)c1cc(C2CC2)c(-c2c3nc(c(-c4c(C5CC5)cc([Si](C)(C)C)cc4C4CC4)c4ccc([nH]4)c(-c4c(C5CC5)cc([Si](C)(C)C)cc4C4CC4)c4nc(c(-c5c(C6CC6)cc([Si](C)(C)C)cc5C5CC5)c5ccc2[nH]5)C=C4)C=C3)c(C2CC2)c1. The van der Waals surface area contributed by atoms with Gasteiger partial charge in [0, 0.05) is 44.3 Å². The highest BCUT2D eigenvalue weighted by Crippen LogP contribution is 2.58. The molecule has 7 aromatic rings. The average molecular weight is 1220 g/mol. The van der Waals surface area contributed by atoms with Crippen molar-refractivity contribution in [2.24, 2.45) is 0 Å². The number of hydrogen-bond acceptors (Lipinski definition) is 2. The molecule has 0 radical (unpaired) electrons. The van der Waals surface area contributed by atoms with Crippen LogP contribution in [0.3, 0.4) is 0 Å². The van der Waals surface area contributed by atoms with Gasteiger partial charge in [0.2, 0.25) is 0 Å². The van der Waals surface area contributed by atoms with Crippen LogP contribution in [0.5, 0.6) is 0 Å². The molecule has 0 amide bonds. The molecule has 2 aliphatic heterocycles. The first-order valence-corrected chi connectivity index (χ1v) is 49.0. The molecule has 17 rings (SSSR count). The summed E-state index contributed by atoms with van der Waals surface area (Å²) in [7, 11) is -6.69. The minimum Gasteiger partial charge on any atom is -0.354 e. The van der Waals surface area contributed by atoms with E-state index in [1.165, 1.54) is 169 Å². The zero-order valence-corrected chi connectivity index (χ0v) is 59.1. The summed E-state index contributed by atoms with van der Waals surface area (Å²) in [6, 6.07) is 31.6. The van der Waals surface area contributed by atoms with Crippen LogP contribution in [-0.4, -0.2) is 52.2 Å². The molecule has 8 bridgehead atoms. The molecule has 450 valence electrons. The molecular weight excluding hydrogens is 1130 g/mol. The molecule has 10 aliphatic rings. The molecule has 0 atom stereocenters. The first kappa shape index (κ1) is 56.3. The fourth-order valence-electron chi connectivity index (χ4n) is 15.6. The third-order valence-corrected chi connectivity index (χ3v) is 30.2. The molecule has 88 heavy (non-hydrogen) atoms. The van der Waals surface area contributed by atoms with Gasteiger partial charge in [-0.05, 0) is 265 Å². The standard InChI is InChI=1S/C80H94N4Si4/c1-85(2,3)53-37-57(45-13-14-45)73(58(38-53)46-15-16-46)77-65-29-31-67(81-65)78(74-59(47-17-18-47)39-54(86(4,5)6)40-60(74)48-19-20-48)69-33-35-71(83-69)80(76-63(51-25-26-51)43-56(88(10,11)12)44-64(76)52-27-28-52)72-36-34-70(84-72)79(68-32-30-66(77)82-68)75-61(49-21-22-49)41-55(87(7,8)9)42-62(75)50-23-24-50/h29-52,81,84H,13-28H2,1-12H3. The number of nitrogens with one attached hydrogen (secondary N) is 2. The molecule has 0 unspecified atom stereocenters. The Bertz CT molecular complexity index is 3690. The van der Waals surface area contributed by atoms with E-state index in [9.17, 15) is 0 Å². The molecule has 2 N–H and O–H groups in total. The summed E-state index contributed by atoms with van der Waals surface area (Å²) < 4.78 is 0. The van der Waals surface area contributed by atoms with Gasteiger partial charge < -0.3 is 9.97 Å². The van der Waals surface area contributed by atoms with Crippen LogP contribution in [0, 0.1) is 0 Å². The Kier molecular flexibility index (Phi) is 12.8. The monoisotopic (exact) mass is 1220 g/mol. The predicted octanol–water partition coefficient (Wildman–Crippen LogP) is 20.5. The van der Waals surface area contributed by atoms with Crippen molar-refractivity contribution in [2.45, 2.75) is 229 Å². The molecule has 4 nitrogen and oxygen atoms in total. The molecule has 5 heterocycles. The summed E-state index contributed by atoms with van der Waals surface area (Å²) in [6.45, 7) is 30.8. The third kappa shape index (κ3) is 10.2. The summed E-state index contributed by atoms with van der Waals surface area (Å²) >= 11 is 0. The van der Waals surface area contributed by atoms with Gasteiger partial charge in [-0.25, -0.2) is 9.97 Å². The lowest BCUT2D eigenvalue weighted by Crippen LogP contribution is -2.38. The molecule has 8 saturated carbocycles. The lowest BCUT2D eigenvalue weighted by molar-refractivity contribution is 1.08. The number of benzene rings is 4. The van der Waals surface area contributed by atoms with Crippen LogP contribution >= 0.6 is 0 Å². The van der Waals surface area contributed by atoms with E-state index in [0.29, 0.717) is 47.3 Å². The zero-order valence-electron chi connectivity index (χ0n) is 55.1. The van der Waals surface area contributed by atoms with Gasteiger partial charge in [-0.15, -0.1) is 0 Å². The summed E-state index contributed by atoms with van der Waals surface area (Å²) in [4.78, 5) is 21.4. The van der Waals surface area contributed by atoms with Gasteiger partial charge in [0.25, 0.3) is 0 Å². The Morgan fingerprint density at radius 1 is 0.250 bits per heavy atom. The first-order valence-electron chi connectivity index (χ1n) is 35.0. The average Bonchev–Trinajstić information content (AvgIpc) is 1.75. The summed E-state index contributed by atoms with van der Waals surface area (Å²) in [5.74, 6) is 4.60. The number of fused-ring (bicyclic) bond motifs is 8. The van der Waals surface area contributed by atoms with Crippen molar-refractivity contribution in [3.8, 4) is 44.5 Å². The number of nitrogens with zero attached hydrogens (tertiary/aromatic N) is 2. The van der Waals surface area contributed by atoms with Crippen molar-refractivity contribution in [1.82, 2.24) is 19.9 Å². The molecule has 0 saturated heterocycles. The van der Waals surface area contributed by atoms with Crippen LogP contribution in [0.2, 0.25) is 78.6 Å². The lowest BCUT2D eigenvalue weighted by atomic mass is 9.88. The number of aromatic amines is 2. The minimum absolute atomic E-state index is 0.575. The van der Waals surface area contributed by atoms with Crippen LogP contribution in [0.1, 0.15) is 217 Å². The molecule has 8 aliphatic carbocycles. The van der Waals surface area contributed by atoms with E-state index < -0.39 is 32.3 Å². The second-order valence-electron chi connectivity index (χ2n) is 33.8. The fourth-order valence-corrected chi connectivity index (χ4v) is 20.3. The Morgan fingerprint density at radius 3 is 0.545 bits per heavy atom. The van der Waals surface area contributed by atoms with Gasteiger partial charge >= 0.3 is 0 Å². The Labute approximate surface area is 529 Å². The van der Waals surface area contributed by atoms with Crippen LogP contribution in [0.15, 0.2) is 72.8 Å². The van der Waals surface area contributed by atoms with E-state index in [1.54, 1.807) is 65.3 Å². The second kappa shape index (κ2) is 19.9. The zero-order chi connectivity index (χ0) is 60.2. The summed E-state index contributed by atoms with van der Waals surface area (Å²) in [5.41, 5.74) is 33.0. The van der Waals surface area contributed by atoms with Crippen LogP contribution in [-0.2, 0) is 0 Å². The molecule has 0 spiro atoms. The maximum absolute atomic E-state index is 6.25. The topological polar surface area (TPSA) is 57.4 Å². The summed E-state index contributed by atoms with van der Waals surface area (Å²) in [5, 5.41) is 6.46. The number of hydrogen-bond donors (Lipinski definition) is 2. The van der Waals surface area contributed by atoms with Gasteiger partial charge in [0.05, 0.1) is 55.1 Å². The maximum Gasteiger partial charge on any atom is 0.0776 e. The normalized spacial score (nSPS) is 19.8. The highest BCUT2D eigenvalue weighted by Gasteiger charge is 2.42. The van der Waals surface area contributed by atoms with Gasteiger partial charge in [-0.1, -0.05) is 148 Å². The van der Waals surface area contributed by atoms with Crippen molar-refractivity contribution in [1.29, 1.82) is 0 Å². The molecule has 8 heteroatoms. The van der Waals surface area contributed by atoms with Crippen molar-refractivity contribution < 1.29 is 0 Å². The number of rotatable bonds is 16. The van der Waals surface area contributed by atoms with E-state index in [1.807, 2.05) is 0 Å². The van der Waals surface area contributed by atoms with Crippen molar-refractivity contribution in [3.05, 3.63) is 140 Å². The number of H-pyrrole nitrogens is 2. The first-order chi connectivity index (χ1) is 42.1. The summed E-state index contributed by atoms with van der Waals surface area (Å²) in [6.07, 6.45) is 30.0. The third-order valence-electron chi connectivity index (χ3n) is 22.2. The molecule has 4 aromatic carbocycles. The van der Waals surface area contributed by atoms with Crippen molar-refractivity contribution in [3.63, 3.8) is 0 Å². The van der Waals surface area contributed by atoms with Gasteiger partial charge in [0.1, 0.15) is 0 Å². The van der Waals surface area contributed by atoms with Gasteiger partial charge in [-0.3, -0.25) is 0 Å². The minimum atomic E-state index is -1.67. The van der Waals surface area contributed by atoms with E-state index >= 15 is 0 Å². The lowest BCUT2D eigenvalue weighted by Gasteiger charge is -2.24. The van der Waals surface area contributed by atoms with E-state index in [2.05, 4.69) is 186 Å². The van der Waals surface area contributed by atoms with Crippen LogP contribution in [0.25, 0.3) is 90.9 Å². The Hall–Kier alpha value is -5.65. The Morgan fingerprint density at radius 2 is 0.409 bits per heavy atom. The molecule has 8 fully saturated rings. The number of aromatic nitrogens is 4. The van der Waals surface area contributed by atoms with E-state index in [4.69, 9.17) is 9.97 Å². The van der Waals surface area contributed by atoms with E-state index in [-0.39, 0.29) is 0 Å². The smallest absolute Gasteiger partial charge is 0.0776 e. The second-order valence-corrected chi connectivity index (χ2v) is 54.1. The van der Waals surface area contributed by atoms with E-state index in [0.717, 1.165) is 22.8 Å². The fraction of sp³-hybridized carbons (Fsp3) is 0.450. The highest BCUT2D eigenvalue weighted by molar-refractivity contribution is 6.90. The van der Waals surface area contributed by atoms with Gasteiger partial charge in [0.15, 0.2) is 0 Å². The van der Waals surface area contributed by atoms with Crippen molar-refractivity contribution >= 4 is 99.4 Å². The largest absolute Gasteiger partial charge is 0.354 e. The van der Waals surface area contributed by atoms with Crippen LogP contribution in [0.4, 0.5) is 0 Å². The molecule has 3 aromatic heterocycles. The molecular formula is C80H94N4Si4. The maximum atomic E-state index is 6.25. The van der Waals surface area contributed by atoms with Gasteiger partial charge in [-0.2, -0.15) is 0 Å². The predicted molar refractivity (Wildman–Crippen MR) is 388 cm³/mol. The highest BCUT2D eigenvalue weighted by atomic mass is 28.3. The van der Waals surface area contributed by atoms with Crippen molar-refractivity contribution in [2.75, 3.05) is 0 Å². The quantitative estimate of drug-likeness (QED) is 0.0947.